The molecule has 1 aliphatic rings. The Bertz CT molecular complexity index is 511. The van der Waals surface area contributed by atoms with Crippen LogP contribution < -0.4 is 5.73 Å². The molecule has 0 aromatic carbocycles. The smallest absolute Gasteiger partial charge is 0.319 e. The first kappa shape index (κ1) is 21.1. The summed E-state index contributed by atoms with van der Waals surface area (Å²) in [5.74, 6) is 1.19. The average Bonchev–Trinajstić information content (AvgIpc) is 3.01. The number of rotatable bonds is 7. The van der Waals surface area contributed by atoms with E-state index in [-0.39, 0.29) is 18.3 Å². The highest BCUT2D eigenvalue weighted by molar-refractivity contribution is 7.98. The van der Waals surface area contributed by atoms with E-state index >= 15 is 0 Å². The number of hydrogen-bond acceptors (Lipinski definition) is 5. The van der Waals surface area contributed by atoms with Gasteiger partial charge in [0.1, 0.15) is 5.82 Å². The highest BCUT2D eigenvalue weighted by Gasteiger charge is 2.25. The van der Waals surface area contributed by atoms with Crippen LogP contribution in [0.5, 0.6) is 0 Å². The molecule has 10 heteroatoms. The van der Waals surface area contributed by atoms with Crippen molar-refractivity contribution in [1.82, 2.24) is 19.4 Å². The second-order valence-electron chi connectivity index (χ2n) is 5.52. The molecule has 0 spiro atoms. The Morgan fingerprint density at radius 3 is 2.62 bits per heavy atom. The lowest BCUT2D eigenvalue weighted by molar-refractivity contribution is -0.134. The van der Waals surface area contributed by atoms with Crippen molar-refractivity contribution in [2.45, 2.75) is 25.6 Å². The van der Waals surface area contributed by atoms with Gasteiger partial charge in [-0.2, -0.15) is 20.5 Å². The SMILES string of the molecule is CSCC[C@H](N)C(=O)N1CCN(Cc2nccn2C(F)F)CC1.Cl. The molecule has 2 N–H and O–H groups in total. The molecule has 1 saturated heterocycles. The number of imidazole rings is 1. The molecule has 2 heterocycles. The van der Waals surface area contributed by atoms with Crippen LogP contribution in [0.3, 0.4) is 0 Å². The zero-order valence-electron chi connectivity index (χ0n) is 13.6. The third-order valence-electron chi connectivity index (χ3n) is 3.96. The van der Waals surface area contributed by atoms with Gasteiger partial charge in [0.2, 0.25) is 5.91 Å². The molecule has 1 aromatic heterocycles. The van der Waals surface area contributed by atoms with E-state index in [1.165, 1.54) is 12.4 Å². The van der Waals surface area contributed by atoms with E-state index in [2.05, 4.69) is 4.98 Å². The lowest BCUT2D eigenvalue weighted by Crippen LogP contribution is -2.53. The van der Waals surface area contributed by atoms with Crippen LogP contribution in [-0.2, 0) is 11.3 Å². The van der Waals surface area contributed by atoms with E-state index in [4.69, 9.17) is 5.73 Å². The van der Waals surface area contributed by atoms with Crippen molar-refractivity contribution in [3.63, 3.8) is 0 Å². The molecule has 138 valence electrons. The summed E-state index contributed by atoms with van der Waals surface area (Å²) in [4.78, 5) is 20.0. The molecular formula is C14H24ClF2N5OS. The highest BCUT2D eigenvalue weighted by Crippen LogP contribution is 2.15. The number of carbonyl (C=O) groups excluding carboxylic acids is 1. The van der Waals surface area contributed by atoms with E-state index in [9.17, 15) is 13.6 Å². The van der Waals surface area contributed by atoms with Crippen molar-refractivity contribution < 1.29 is 13.6 Å². The van der Waals surface area contributed by atoms with Crippen LogP contribution >= 0.6 is 24.2 Å². The van der Waals surface area contributed by atoms with Crippen LogP contribution in [0, 0.1) is 0 Å². The molecule has 1 amide bonds. The van der Waals surface area contributed by atoms with Gasteiger partial charge in [-0.05, 0) is 18.4 Å². The quantitative estimate of drug-likeness (QED) is 0.771. The average molecular weight is 384 g/mol. The maximum Gasteiger partial charge on any atom is 0.319 e. The van der Waals surface area contributed by atoms with Gasteiger partial charge >= 0.3 is 6.55 Å². The van der Waals surface area contributed by atoms with Gasteiger partial charge in [-0.1, -0.05) is 0 Å². The molecule has 1 fully saturated rings. The Labute approximate surface area is 151 Å². The van der Waals surface area contributed by atoms with Gasteiger partial charge in [0, 0.05) is 38.6 Å². The first-order valence-electron chi connectivity index (χ1n) is 7.58. The molecule has 0 radical (unpaired) electrons. The zero-order chi connectivity index (χ0) is 16.8. The highest BCUT2D eigenvalue weighted by atomic mass is 35.5. The number of nitrogens with two attached hydrogens (primary N) is 1. The number of piperazine rings is 1. The van der Waals surface area contributed by atoms with Crippen molar-refractivity contribution in [3.05, 3.63) is 18.2 Å². The number of nitrogens with zero attached hydrogens (tertiary/aromatic N) is 4. The number of carbonyl (C=O) groups is 1. The number of halogens is 3. The van der Waals surface area contributed by atoms with Crippen LogP contribution in [0.2, 0.25) is 0 Å². The largest absolute Gasteiger partial charge is 0.339 e. The Morgan fingerprint density at radius 1 is 1.38 bits per heavy atom. The number of thioether (sulfide) groups is 1. The first-order chi connectivity index (χ1) is 11.0. The van der Waals surface area contributed by atoms with Gasteiger partial charge in [0.05, 0.1) is 12.6 Å². The minimum atomic E-state index is -2.58. The summed E-state index contributed by atoms with van der Waals surface area (Å²) in [5, 5.41) is 0. The van der Waals surface area contributed by atoms with Crippen molar-refractivity contribution in [3.8, 4) is 0 Å². The fourth-order valence-electron chi connectivity index (χ4n) is 2.57. The van der Waals surface area contributed by atoms with Gasteiger partial charge < -0.3 is 10.6 Å². The van der Waals surface area contributed by atoms with Gasteiger partial charge in [-0.25, -0.2) is 4.98 Å². The lowest BCUT2D eigenvalue weighted by Gasteiger charge is -2.35. The molecule has 0 unspecified atom stereocenters. The summed E-state index contributed by atoms with van der Waals surface area (Å²) in [5.41, 5.74) is 5.92. The van der Waals surface area contributed by atoms with Crippen LogP contribution in [0.15, 0.2) is 12.4 Å². The molecule has 1 atom stereocenters. The van der Waals surface area contributed by atoms with Gasteiger partial charge in [0.15, 0.2) is 0 Å². The number of amides is 1. The normalized spacial score (nSPS) is 17.0. The van der Waals surface area contributed by atoms with Crippen molar-refractivity contribution in [2.24, 2.45) is 5.73 Å². The van der Waals surface area contributed by atoms with E-state index in [1.807, 2.05) is 11.2 Å². The molecule has 24 heavy (non-hydrogen) atoms. The fraction of sp³-hybridized carbons (Fsp3) is 0.714. The summed E-state index contributed by atoms with van der Waals surface area (Å²) < 4.78 is 26.5. The van der Waals surface area contributed by atoms with Crippen LogP contribution in [0.4, 0.5) is 8.78 Å². The minimum absolute atomic E-state index is 0. The Kier molecular flexibility index (Phi) is 8.96. The molecule has 1 aromatic rings. The molecule has 6 nitrogen and oxygen atoms in total. The molecule has 0 saturated carbocycles. The maximum atomic E-state index is 12.8. The third kappa shape index (κ3) is 5.58. The van der Waals surface area contributed by atoms with E-state index in [1.54, 1.807) is 16.7 Å². The molecule has 2 rings (SSSR count). The number of hydrogen-bond donors (Lipinski definition) is 1. The number of aromatic nitrogens is 2. The summed E-state index contributed by atoms with van der Waals surface area (Å²) >= 11 is 1.67. The summed E-state index contributed by atoms with van der Waals surface area (Å²) in [6.07, 6.45) is 5.32. The van der Waals surface area contributed by atoms with Crippen molar-refractivity contribution >= 4 is 30.1 Å². The van der Waals surface area contributed by atoms with Crippen LogP contribution in [0.1, 0.15) is 18.8 Å². The lowest BCUT2D eigenvalue weighted by atomic mass is 10.2. The molecule has 0 aliphatic carbocycles. The third-order valence-corrected chi connectivity index (χ3v) is 4.60. The second-order valence-corrected chi connectivity index (χ2v) is 6.50. The molecular weight excluding hydrogens is 360 g/mol. The van der Waals surface area contributed by atoms with Crippen LogP contribution in [0.25, 0.3) is 0 Å². The summed E-state index contributed by atoms with van der Waals surface area (Å²) in [6.45, 7) is 0.193. The van der Waals surface area contributed by atoms with E-state index < -0.39 is 12.6 Å². The van der Waals surface area contributed by atoms with Gasteiger partial charge in [0.25, 0.3) is 0 Å². The topological polar surface area (TPSA) is 67.4 Å². The Morgan fingerprint density at radius 2 is 2.04 bits per heavy atom. The van der Waals surface area contributed by atoms with E-state index in [0.717, 1.165) is 10.3 Å². The van der Waals surface area contributed by atoms with Gasteiger partial charge in [-0.3, -0.25) is 14.3 Å². The predicted molar refractivity (Wildman–Crippen MR) is 93.6 cm³/mol. The first-order valence-corrected chi connectivity index (χ1v) is 8.98. The molecule has 1 aliphatic heterocycles. The Balaban J connectivity index is 0.00000288. The summed E-state index contributed by atoms with van der Waals surface area (Å²) in [7, 11) is 0. The maximum absolute atomic E-state index is 12.8. The van der Waals surface area contributed by atoms with E-state index in [0.29, 0.717) is 45.0 Å². The predicted octanol–water partition coefficient (Wildman–Crippen LogP) is 1.42. The Hall–Kier alpha value is -0.900. The minimum Gasteiger partial charge on any atom is -0.339 e. The second kappa shape index (κ2) is 10.2. The standard InChI is InChI=1S/C14H23F2N5OS.ClH/c1-23-9-2-11(17)13(22)20-7-5-19(6-8-20)10-12-18-3-4-21(12)14(15)16;/h3-4,11,14H,2,5-10,17H2,1H3;1H/t11-;/m0./s1. The fourth-order valence-corrected chi connectivity index (χ4v) is 3.06. The van der Waals surface area contributed by atoms with Crippen molar-refractivity contribution in [1.29, 1.82) is 0 Å². The monoisotopic (exact) mass is 383 g/mol. The summed E-state index contributed by atoms with van der Waals surface area (Å²) in [6, 6.07) is -0.452. The zero-order valence-corrected chi connectivity index (χ0v) is 15.2. The molecule has 0 bridgehead atoms. The van der Waals surface area contributed by atoms with Gasteiger partial charge in [-0.15, -0.1) is 12.4 Å². The van der Waals surface area contributed by atoms with Crippen molar-refractivity contribution in [2.75, 3.05) is 38.2 Å². The van der Waals surface area contributed by atoms with Crippen LogP contribution in [-0.4, -0.2) is 69.5 Å². The number of alkyl halides is 2.